The van der Waals surface area contributed by atoms with Gasteiger partial charge in [0.1, 0.15) is 5.82 Å². The molecule has 10 heteroatoms. The van der Waals surface area contributed by atoms with Gasteiger partial charge in [-0.3, -0.25) is 14.8 Å². The van der Waals surface area contributed by atoms with Gasteiger partial charge in [-0.25, -0.2) is 14.4 Å². The summed E-state index contributed by atoms with van der Waals surface area (Å²) in [5.74, 6) is 0.136. The van der Waals surface area contributed by atoms with Gasteiger partial charge in [0, 0.05) is 100 Å². The molecule has 0 bridgehead atoms. The minimum atomic E-state index is -0.244. The minimum absolute atomic E-state index is 0.147. The average molecular weight is 580 g/mol. The number of hydrogen-bond acceptors (Lipinski definition) is 9. The smallest absolute Gasteiger partial charge is 0.227 e. The Morgan fingerprint density at radius 3 is 2.48 bits per heavy atom. The maximum Gasteiger partial charge on any atom is 0.227 e. The molecule has 9 nitrogen and oxygen atoms in total. The van der Waals surface area contributed by atoms with Gasteiger partial charge in [0.05, 0.1) is 11.4 Å². The number of nitrogens with two attached hydrogens (primary N) is 1. The molecule has 230 valence electrons. The Hall–Kier alpha value is -3.08. The van der Waals surface area contributed by atoms with Gasteiger partial charge in [-0.15, -0.1) is 0 Å². The number of anilines is 3. The Balaban J connectivity index is 1.29. The third-order valence-corrected chi connectivity index (χ3v) is 8.47. The van der Waals surface area contributed by atoms with Crippen LogP contribution in [0.4, 0.5) is 21.7 Å². The first-order valence-electron chi connectivity index (χ1n) is 15.4. The van der Waals surface area contributed by atoms with E-state index >= 15 is 4.39 Å². The lowest BCUT2D eigenvalue weighted by Gasteiger charge is -2.40. The zero-order valence-corrected chi connectivity index (χ0v) is 26.4. The second-order valence-corrected chi connectivity index (χ2v) is 12.2. The maximum atomic E-state index is 15.3. The minimum Gasteiger partial charge on any atom is -0.404 e. The summed E-state index contributed by atoms with van der Waals surface area (Å²) in [6.45, 7) is 19.0. The third kappa shape index (κ3) is 8.49. The van der Waals surface area contributed by atoms with Crippen molar-refractivity contribution >= 4 is 29.1 Å². The van der Waals surface area contributed by atoms with Crippen LogP contribution in [0.2, 0.25) is 0 Å². The number of benzene rings is 1. The SMILES string of the molecule is Cc1cnc(Nc2ccc(N3CCC(N(C)CCN4CCN(C(C)C)CC4)CC3)c(F)c2)nc1C(C=NC(C)C)=CN. The monoisotopic (exact) mass is 579 g/mol. The lowest BCUT2D eigenvalue weighted by Crippen LogP contribution is -2.51. The lowest BCUT2D eigenvalue weighted by atomic mass is 10.0. The predicted molar refractivity (Wildman–Crippen MR) is 173 cm³/mol. The van der Waals surface area contributed by atoms with Crippen molar-refractivity contribution in [3.8, 4) is 0 Å². The van der Waals surface area contributed by atoms with Crippen molar-refractivity contribution in [2.75, 3.05) is 69.6 Å². The summed E-state index contributed by atoms with van der Waals surface area (Å²) in [5, 5.41) is 3.15. The summed E-state index contributed by atoms with van der Waals surface area (Å²) in [7, 11) is 2.24. The van der Waals surface area contributed by atoms with E-state index in [4.69, 9.17) is 5.73 Å². The number of allylic oxidation sites excluding steroid dienone is 1. The van der Waals surface area contributed by atoms with Gasteiger partial charge in [-0.2, -0.15) is 0 Å². The van der Waals surface area contributed by atoms with Gasteiger partial charge < -0.3 is 20.9 Å². The largest absolute Gasteiger partial charge is 0.404 e. The number of aryl methyl sites for hydroxylation is 1. The molecule has 4 rings (SSSR count). The highest BCUT2D eigenvalue weighted by molar-refractivity contribution is 6.09. The topological polar surface area (TPSA) is 89.2 Å². The first-order chi connectivity index (χ1) is 20.1. The molecule has 2 fully saturated rings. The van der Waals surface area contributed by atoms with Gasteiger partial charge in [0.15, 0.2) is 0 Å². The van der Waals surface area contributed by atoms with E-state index < -0.39 is 0 Å². The third-order valence-electron chi connectivity index (χ3n) is 8.47. The van der Waals surface area contributed by atoms with E-state index in [0.29, 0.717) is 40.7 Å². The quantitative estimate of drug-likeness (QED) is 0.380. The van der Waals surface area contributed by atoms with Crippen molar-refractivity contribution < 1.29 is 4.39 Å². The number of aliphatic imine (C=N–C) groups is 1. The molecule has 0 atom stereocenters. The average Bonchev–Trinajstić information content (AvgIpc) is 2.98. The first kappa shape index (κ1) is 31.8. The van der Waals surface area contributed by atoms with Crippen molar-refractivity contribution in [3.63, 3.8) is 0 Å². The molecule has 0 aliphatic carbocycles. The highest BCUT2D eigenvalue weighted by Crippen LogP contribution is 2.28. The number of halogens is 1. The molecule has 1 aromatic heterocycles. The first-order valence-corrected chi connectivity index (χ1v) is 15.4. The second-order valence-electron chi connectivity index (χ2n) is 12.2. The van der Waals surface area contributed by atoms with Crippen LogP contribution in [0.5, 0.6) is 0 Å². The molecule has 2 saturated heterocycles. The van der Waals surface area contributed by atoms with Crippen LogP contribution in [0.1, 0.15) is 51.8 Å². The van der Waals surface area contributed by atoms with Gasteiger partial charge in [-0.05, 0) is 78.3 Å². The van der Waals surface area contributed by atoms with Crippen LogP contribution in [0.3, 0.4) is 0 Å². The van der Waals surface area contributed by atoms with Crippen LogP contribution in [0.25, 0.3) is 5.57 Å². The Kier molecular flexibility index (Phi) is 11.3. The van der Waals surface area contributed by atoms with E-state index in [1.165, 1.54) is 25.4 Å². The van der Waals surface area contributed by atoms with Crippen LogP contribution >= 0.6 is 0 Å². The van der Waals surface area contributed by atoms with E-state index in [2.05, 4.69) is 60.8 Å². The number of rotatable bonds is 11. The van der Waals surface area contributed by atoms with E-state index in [0.717, 1.165) is 57.7 Å². The number of piperazine rings is 1. The molecule has 3 heterocycles. The van der Waals surface area contributed by atoms with Crippen LogP contribution in [-0.4, -0.2) is 108 Å². The lowest BCUT2D eigenvalue weighted by molar-refractivity contribution is 0.0940. The maximum absolute atomic E-state index is 15.3. The van der Waals surface area contributed by atoms with E-state index in [1.54, 1.807) is 12.4 Å². The number of nitrogens with one attached hydrogen (secondary N) is 1. The zero-order chi connectivity index (χ0) is 30.2. The van der Waals surface area contributed by atoms with Crippen LogP contribution < -0.4 is 16.0 Å². The van der Waals surface area contributed by atoms with Crippen molar-refractivity contribution in [3.05, 3.63) is 47.7 Å². The number of nitrogens with zero attached hydrogens (tertiary/aromatic N) is 7. The molecule has 2 aromatic rings. The van der Waals surface area contributed by atoms with Crippen molar-refractivity contribution in [2.45, 2.75) is 65.6 Å². The van der Waals surface area contributed by atoms with E-state index in [-0.39, 0.29) is 11.9 Å². The predicted octanol–water partition coefficient (Wildman–Crippen LogP) is 4.37. The molecule has 2 aliphatic heterocycles. The molecule has 0 radical (unpaired) electrons. The standard InChI is InChI=1S/C32H50FN9/c1-23(2)35-22-26(20-34)31-25(5)21-36-32(38-31)37-27-7-8-30(29(33)19-27)42-11-9-28(10-12-42)39(6)13-14-40-15-17-41(18-16-40)24(3)4/h7-8,19-24,28H,9-18,34H2,1-6H3,(H,36,37,38). The van der Waals surface area contributed by atoms with Crippen LogP contribution in [0.15, 0.2) is 35.6 Å². The van der Waals surface area contributed by atoms with Gasteiger partial charge in [0.2, 0.25) is 5.95 Å². The summed E-state index contributed by atoms with van der Waals surface area (Å²) in [6.07, 6.45) is 7.03. The summed E-state index contributed by atoms with van der Waals surface area (Å²) >= 11 is 0. The fourth-order valence-corrected chi connectivity index (χ4v) is 5.71. The summed E-state index contributed by atoms with van der Waals surface area (Å²) in [5.41, 5.74) is 9.40. The summed E-state index contributed by atoms with van der Waals surface area (Å²) < 4.78 is 15.3. The number of likely N-dealkylation sites (N-methyl/N-ethyl adjacent to an activating group) is 1. The second kappa shape index (κ2) is 14.9. The molecule has 42 heavy (non-hydrogen) atoms. The Bertz CT molecular complexity index is 1210. The molecule has 2 aliphatic rings. The van der Waals surface area contributed by atoms with E-state index in [9.17, 15) is 0 Å². The number of piperidine rings is 1. The van der Waals surface area contributed by atoms with Gasteiger partial charge in [0.25, 0.3) is 0 Å². The molecule has 3 N–H and O–H groups in total. The Morgan fingerprint density at radius 1 is 1.14 bits per heavy atom. The van der Waals surface area contributed by atoms with Crippen LogP contribution in [-0.2, 0) is 0 Å². The Labute approximate surface area is 251 Å². The summed E-state index contributed by atoms with van der Waals surface area (Å²) in [6, 6.07) is 6.58. The molecule has 1 aromatic carbocycles. The van der Waals surface area contributed by atoms with E-state index in [1.807, 2.05) is 32.9 Å². The molecular formula is C32H50FN9. The normalized spacial score (nSPS) is 18.2. The van der Waals surface area contributed by atoms with Crippen molar-refractivity contribution in [1.82, 2.24) is 24.7 Å². The molecule has 0 amide bonds. The highest BCUT2D eigenvalue weighted by Gasteiger charge is 2.25. The van der Waals surface area contributed by atoms with Crippen LogP contribution in [0, 0.1) is 12.7 Å². The molecular weight excluding hydrogens is 529 g/mol. The highest BCUT2D eigenvalue weighted by atomic mass is 19.1. The fraction of sp³-hybridized carbons (Fsp3) is 0.594. The number of hydrogen-bond donors (Lipinski definition) is 2. The molecule has 0 unspecified atom stereocenters. The van der Waals surface area contributed by atoms with Gasteiger partial charge >= 0.3 is 0 Å². The Morgan fingerprint density at radius 2 is 1.86 bits per heavy atom. The summed E-state index contributed by atoms with van der Waals surface area (Å²) in [4.78, 5) is 23.3. The zero-order valence-electron chi connectivity index (χ0n) is 26.4. The van der Waals surface area contributed by atoms with Crippen molar-refractivity contribution in [2.24, 2.45) is 10.7 Å². The molecule has 0 spiro atoms. The number of aromatic nitrogens is 2. The fourth-order valence-electron chi connectivity index (χ4n) is 5.71. The van der Waals surface area contributed by atoms with Crippen molar-refractivity contribution in [1.29, 1.82) is 0 Å². The molecule has 0 saturated carbocycles. The van der Waals surface area contributed by atoms with Gasteiger partial charge in [-0.1, -0.05) is 0 Å².